The van der Waals surface area contributed by atoms with E-state index in [0.29, 0.717) is 17.3 Å². The van der Waals surface area contributed by atoms with Crippen molar-refractivity contribution in [1.29, 1.82) is 0 Å². The summed E-state index contributed by atoms with van der Waals surface area (Å²) in [6.07, 6.45) is 2.23. The van der Waals surface area contributed by atoms with Gasteiger partial charge in [0.25, 0.3) is 0 Å². The first-order valence-electron chi connectivity index (χ1n) is 6.04. The van der Waals surface area contributed by atoms with E-state index >= 15 is 0 Å². The van der Waals surface area contributed by atoms with Crippen LogP contribution in [0.5, 0.6) is 0 Å². The van der Waals surface area contributed by atoms with Gasteiger partial charge in [-0.05, 0) is 44.6 Å². The standard InChI is InChI=1S/C13H17BrN2O2/c1-16-6-2-3-10(8-16)15-12-5-4-9(14)7-11(12)13(17)18/h4-5,7,10,15H,2-3,6,8H2,1H3,(H,17,18). The second kappa shape index (κ2) is 5.71. The van der Waals surface area contributed by atoms with Crippen molar-refractivity contribution in [3.63, 3.8) is 0 Å². The van der Waals surface area contributed by atoms with E-state index in [1.807, 2.05) is 12.1 Å². The number of nitrogens with zero attached hydrogens (tertiary/aromatic N) is 1. The lowest BCUT2D eigenvalue weighted by Crippen LogP contribution is -2.40. The number of hydrogen-bond acceptors (Lipinski definition) is 3. The van der Waals surface area contributed by atoms with Gasteiger partial charge in [-0.2, -0.15) is 0 Å². The lowest BCUT2D eigenvalue weighted by atomic mass is 10.0. The quantitative estimate of drug-likeness (QED) is 0.901. The number of likely N-dealkylation sites (tertiary alicyclic amines) is 1. The lowest BCUT2D eigenvalue weighted by Gasteiger charge is -2.31. The molecule has 1 fully saturated rings. The first-order chi connectivity index (χ1) is 8.56. The maximum absolute atomic E-state index is 11.2. The van der Waals surface area contributed by atoms with Crippen molar-refractivity contribution in [1.82, 2.24) is 4.90 Å². The molecule has 0 saturated carbocycles. The molecule has 0 bridgehead atoms. The number of rotatable bonds is 3. The van der Waals surface area contributed by atoms with Crippen LogP contribution in [0.2, 0.25) is 0 Å². The molecule has 2 rings (SSSR count). The lowest BCUT2D eigenvalue weighted by molar-refractivity contribution is 0.0697. The molecule has 0 radical (unpaired) electrons. The molecular weight excluding hydrogens is 296 g/mol. The van der Waals surface area contributed by atoms with Crippen LogP contribution in [0.15, 0.2) is 22.7 Å². The number of halogens is 1. The number of nitrogens with one attached hydrogen (secondary N) is 1. The maximum atomic E-state index is 11.2. The van der Waals surface area contributed by atoms with Crippen molar-refractivity contribution >= 4 is 27.6 Å². The van der Waals surface area contributed by atoms with Crippen molar-refractivity contribution in [2.24, 2.45) is 0 Å². The molecule has 4 nitrogen and oxygen atoms in total. The third-order valence-electron chi connectivity index (χ3n) is 3.20. The molecule has 1 aromatic rings. The summed E-state index contributed by atoms with van der Waals surface area (Å²) >= 11 is 3.30. The van der Waals surface area contributed by atoms with Gasteiger partial charge >= 0.3 is 5.97 Å². The third-order valence-corrected chi connectivity index (χ3v) is 3.69. The Balaban J connectivity index is 2.15. The molecular formula is C13H17BrN2O2. The van der Waals surface area contributed by atoms with Crippen LogP contribution in [0, 0.1) is 0 Å². The molecule has 1 saturated heterocycles. The zero-order valence-corrected chi connectivity index (χ0v) is 11.9. The van der Waals surface area contributed by atoms with E-state index in [2.05, 4.69) is 33.2 Å². The Kier molecular flexibility index (Phi) is 4.24. The summed E-state index contributed by atoms with van der Waals surface area (Å²) in [7, 11) is 2.09. The van der Waals surface area contributed by atoms with Crippen LogP contribution in [0.3, 0.4) is 0 Å². The van der Waals surface area contributed by atoms with E-state index in [4.69, 9.17) is 0 Å². The van der Waals surface area contributed by atoms with Crippen LogP contribution >= 0.6 is 15.9 Å². The molecule has 0 amide bonds. The minimum absolute atomic E-state index is 0.317. The highest BCUT2D eigenvalue weighted by molar-refractivity contribution is 9.10. The van der Waals surface area contributed by atoms with Gasteiger partial charge in [-0.3, -0.25) is 0 Å². The Hall–Kier alpha value is -1.07. The van der Waals surface area contributed by atoms with Crippen LogP contribution in [0.4, 0.5) is 5.69 Å². The molecule has 18 heavy (non-hydrogen) atoms. The van der Waals surface area contributed by atoms with Gasteiger partial charge in [0.15, 0.2) is 0 Å². The number of carboxylic acids is 1. The Morgan fingerprint density at radius 2 is 2.33 bits per heavy atom. The van der Waals surface area contributed by atoms with Crippen LogP contribution < -0.4 is 5.32 Å². The maximum Gasteiger partial charge on any atom is 0.337 e. The minimum Gasteiger partial charge on any atom is -0.478 e. The Labute approximate surface area is 115 Å². The molecule has 1 heterocycles. The van der Waals surface area contributed by atoms with Crippen molar-refractivity contribution in [3.05, 3.63) is 28.2 Å². The van der Waals surface area contributed by atoms with Gasteiger partial charge in [0, 0.05) is 22.7 Å². The first kappa shape index (κ1) is 13.4. The van der Waals surface area contributed by atoms with Gasteiger partial charge in [0.1, 0.15) is 0 Å². The number of aromatic carboxylic acids is 1. The van der Waals surface area contributed by atoms with E-state index in [9.17, 15) is 9.90 Å². The molecule has 98 valence electrons. The molecule has 0 spiro atoms. The number of benzene rings is 1. The number of hydrogen-bond donors (Lipinski definition) is 2. The third kappa shape index (κ3) is 3.23. The van der Waals surface area contributed by atoms with Crippen LogP contribution in [-0.2, 0) is 0 Å². The predicted molar refractivity (Wildman–Crippen MR) is 75.2 cm³/mol. The molecule has 0 aromatic heterocycles. The van der Waals surface area contributed by atoms with Crippen molar-refractivity contribution in [2.75, 3.05) is 25.5 Å². The van der Waals surface area contributed by atoms with Crippen molar-refractivity contribution in [3.8, 4) is 0 Å². The zero-order chi connectivity index (χ0) is 13.1. The summed E-state index contributed by atoms with van der Waals surface area (Å²) in [5.41, 5.74) is 1.02. The summed E-state index contributed by atoms with van der Waals surface area (Å²) in [5.74, 6) is -0.900. The minimum atomic E-state index is -0.900. The molecule has 1 aliphatic heterocycles. The number of carboxylic acid groups (broad SMARTS) is 1. The number of anilines is 1. The summed E-state index contributed by atoms with van der Waals surface area (Å²) in [5, 5.41) is 12.5. The largest absolute Gasteiger partial charge is 0.478 e. The van der Waals surface area contributed by atoms with Gasteiger partial charge in [-0.25, -0.2) is 4.79 Å². The highest BCUT2D eigenvalue weighted by atomic mass is 79.9. The Morgan fingerprint density at radius 1 is 1.56 bits per heavy atom. The highest BCUT2D eigenvalue weighted by Crippen LogP contribution is 2.23. The second-order valence-corrected chi connectivity index (χ2v) is 5.66. The van der Waals surface area contributed by atoms with E-state index in [1.165, 1.54) is 0 Å². The molecule has 1 atom stereocenters. The Morgan fingerprint density at radius 3 is 3.00 bits per heavy atom. The van der Waals surface area contributed by atoms with Crippen LogP contribution in [0.25, 0.3) is 0 Å². The fraction of sp³-hybridized carbons (Fsp3) is 0.462. The van der Waals surface area contributed by atoms with Gasteiger partial charge in [0.05, 0.1) is 5.56 Å². The molecule has 1 unspecified atom stereocenters. The molecule has 1 aromatic carbocycles. The Bertz CT molecular complexity index is 451. The van der Waals surface area contributed by atoms with Crippen LogP contribution in [-0.4, -0.2) is 42.2 Å². The second-order valence-electron chi connectivity index (χ2n) is 4.74. The zero-order valence-electron chi connectivity index (χ0n) is 10.3. The smallest absolute Gasteiger partial charge is 0.337 e. The topological polar surface area (TPSA) is 52.6 Å². The van der Waals surface area contributed by atoms with Gasteiger partial charge in [0.2, 0.25) is 0 Å². The van der Waals surface area contributed by atoms with Gasteiger partial charge in [-0.15, -0.1) is 0 Å². The average molecular weight is 313 g/mol. The number of likely N-dealkylation sites (N-methyl/N-ethyl adjacent to an activating group) is 1. The SMILES string of the molecule is CN1CCCC(Nc2ccc(Br)cc2C(=O)O)C1. The van der Waals surface area contributed by atoms with Gasteiger partial charge < -0.3 is 15.3 Å². The highest BCUT2D eigenvalue weighted by Gasteiger charge is 2.19. The number of carbonyl (C=O) groups is 1. The summed E-state index contributed by atoms with van der Waals surface area (Å²) in [6, 6.07) is 5.64. The summed E-state index contributed by atoms with van der Waals surface area (Å²) < 4.78 is 0.784. The van der Waals surface area contributed by atoms with Crippen molar-refractivity contribution < 1.29 is 9.90 Å². The predicted octanol–water partition coefficient (Wildman–Crippen LogP) is 2.65. The molecule has 5 heteroatoms. The van der Waals surface area contributed by atoms with E-state index in [0.717, 1.165) is 30.4 Å². The fourth-order valence-corrected chi connectivity index (χ4v) is 2.68. The van der Waals surface area contributed by atoms with E-state index in [-0.39, 0.29) is 0 Å². The van der Waals surface area contributed by atoms with Crippen LogP contribution in [0.1, 0.15) is 23.2 Å². The summed E-state index contributed by atoms with van der Waals surface area (Å²) in [4.78, 5) is 13.5. The van der Waals surface area contributed by atoms with Gasteiger partial charge in [-0.1, -0.05) is 15.9 Å². The monoisotopic (exact) mass is 312 g/mol. The van der Waals surface area contributed by atoms with E-state index < -0.39 is 5.97 Å². The first-order valence-corrected chi connectivity index (χ1v) is 6.83. The normalized spacial score (nSPS) is 20.7. The van der Waals surface area contributed by atoms with E-state index in [1.54, 1.807) is 6.07 Å². The number of piperidine rings is 1. The fourth-order valence-electron chi connectivity index (χ4n) is 2.32. The molecule has 0 aliphatic carbocycles. The summed E-state index contributed by atoms with van der Waals surface area (Å²) in [6.45, 7) is 2.07. The average Bonchev–Trinajstić information content (AvgIpc) is 2.31. The van der Waals surface area contributed by atoms with Crippen molar-refractivity contribution in [2.45, 2.75) is 18.9 Å². The molecule has 2 N–H and O–H groups in total. The molecule has 1 aliphatic rings.